The van der Waals surface area contributed by atoms with Crippen LogP contribution in [0.5, 0.6) is 5.75 Å². The fraction of sp³-hybridized carbons (Fsp3) is 0.273. The average molecular weight is 466 g/mol. The van der Waals surface area contributed by atoms with Crippen LogP contribution in [0.2, 0.25) is 10.0 Å². The number of rotatable bonds is 7. The van der Waals surface area contributed by atoms with Crippen LogP contribution in [0, 0.1) is 0 Å². The Kier molecular flexibility index (Phi) is 7.23. The molecule has 0 unspecified atom stereocenters. The summed E-state index contributed by atoms with van der Waals surface area (Å²) in [5, 5.41) is 11.7. The van der Waals surface area contributed by atoms with E-state index < -0.39 is 24.0 Å². The minimum Gasteiger partial charge on any atom is -0.507 e. The Labute approximate surface area is 189 Å². The third kappa shape index (κ3) is 4.55. The van der Waals surface area contributed by atoms with E-state index in [1.807, 2.05) is 0 Å². The van der Waals surface area contributed by atoms with Crippen LogP contribution in [0.1, 0.15) is 17.2 Å². The molecular weight excluding hydrogens is 445 g/mol. The van der Waals surface area contributed by atoms with Crippen molar-refractivity contribution in [1.82, 2.24) is 4.90 Å². The maximum absolute atomic E-state index is 13.0. The minimum atomic E-state index is -0.959. The molecule has 1 saturated heterocycles. The third-order valence-corrected chi connectivity index (χ3v) is 5.59. The lowest BCUT2D eigenvalue weighted by Gasteiger charge is -2.28. The van der Waals surface area contributed by atoms with Crippen LogP contribution in [0.3, 0.4) is 0 Å². The number of hydrogen-bond donors (Lipinski definition) is 1. The van der Waals surface area contributed by atoms with Gasteiger partial charge in [-0.2, -0.15) is 0 Å². The number of amides is 1. The highest BCUT2D eigenvalue weighted by Gasteiger charge is 2.47. The normalized spacial score (nSPS) is 18.1. The zero-order valence-electron chi connectivity index (χ0n) is 17.1. The van der Waals surface area contributed by atoms with Crippen LogP contribution in [-0.4, -0.2) is 55.9 Å². The Morgan fingerprint density at radius 3 is 2.26 bits per heavy atom. The van der Waals surface area contributed by atoms with E-state index in [-0.39, 0.29) is 22.9 Å². The molecule has 2 aromatic rings. The molecule has 1 aliphatic heterocycles. The number of aliphatic hydroxyl groups is 1. The van der Waals surface area contributed by atoms with Gasteiger partial charge >= 0.3 is 0 Å². The number of likely N-dealkylation sites (tertiary alicyclic amines) is 1. The highest BCUT2D eigenvalue weighted by molar-refractivity contribution is 6.47. The number of benzene rings is 2. The van der Waals surface area contributed by atoms with Crippen molar-refractivity contribution in [3.8, 4) is 5.75 Å². The maximum atomic E-state index is 13.0. The van der Waals surface area contributed by atoms with E-state index in [1.165, 1.54) is 32.3 Å². The monoisotopic (exact) mass is 465 g/mol. The summed E-state index contributed by atoms with van der Waals surface area (Å²) in [5.41, 5.74) is 0.695. The number of Topliss-reactive ketones (excluding diaryl/α,β-unsaturated/α-hetero) is 1. The molecule has 1 atom stereocenters. The molecule has 0 radical (unpaired) electrons. The smallest absolute Gasteiger partial charge is 0.295 e. The van der Waals surface area contributed by atoms with Gasteiger partial charge in [0.25, 0.3) is 11.7 Å². The quantitative estimate of drug-likeness (QED) is 0.287. The highest BCUT2D eigenvalue weighted by atomic mass is 35.5. The van der Waals surface area contributed by atoms with Crippen molar-refractivity contribution in [2.45, 2.75) is 12.3 Å². The standard InChI is InChI=1S/C22H21Cl2NO6/c1-29-14-7-4-12(5-8-14)20(26)18-19(15-9-6-13(23)10-16(15)24)25(22(28)21(18)27)11-17(30-2)31-3/h4-10,17,19,26H,11H2,1-3H3/t19-/m0/s1. The molecule has 1 aliphatic rings. The summed E-state index contributed by atoms with van der Waals surface area (Å²) in [6.45, 7) is -0.0550. The molecule has 0 bridgehead atoms. The first-order chi connectivity index (χ1) is 14.8. The van der Waals surface area contributed by atoms with Crippen LogP contribution in [-0.2, 0) is 19.1 Å². The van der Waals surface area contributed by atoms with Gasteiger partial charge in [0.05, 0.1) is 25.3 Å². The van der Waals surface area contributed by atoms with E-state index >= 15 is 0 Å². The van der Waals surface area contributed by atoms with Crippen LogP contribution in [0.25, 0.3) is 5.76 Å². The number of hydrogen-bond acceptors (Lipinski definition) is 6. The summed E-state index contributed by atoms with van der Waals surface area (Å²) in [4.78, 5) is 27.2. The average Bonchev–Trinajstić information content (AvgIpc) is 3.01. The Balaban J connectivity index is 2.18. The van der Waals surface area contributed by atoms with Gasteiger partial charge in [-0.05, 0) is 42.0 Å². The Morgan fingerprint density at radius 1 is 1.06 bits per heavy atom. The molecule has 3 rings (SSSR count). The fourth-order valence-corrected chi connectivity index (χ4v) is 3.94. The van der Waals surface area contributed by atoms with Crippen molar-refractivity contribution < 1.29 is 28.9 Å². The number of ketones is 1. The van der Waals surface area contributed by atoms with Gasteiger partial charge in [0.1, 0.15) is 11.5 Å². The lowest BCUT2D eigenvalue weighted by Crippen LogP contribution is -2.38. The zero-order chi connectivity index (χ0) is 22.7. The van der Waals surface area contributed by atoms with Crippen molar-refractivity contribution >= 4 is 40.7 Å². The lowest BCUT2D eigenvalue weighted by atomic mass is 9.95. The largest absolute Gasteiger partial charge is 0.507 e. The van der Waals surface area contributed by atoms with E-state index in [9.17, 15) is 14.7 Å². The van der Waals surface area contributed by atoms with E-state index in [2.05, 4.69) is 0 Å². The van der Waals surface area contributed by atoms with Gasteiger partial charge < -0.3 is 24.2 Å². The van der Waals surface area contributed by atoms with Gasteiger partial charge in [0.15, 0.2) is 6.29 Å². The molecule has 0 saturated carbocycles. The molecule has 7 nitrogen and oxygen atoms in total. The maximum Gasteiger partial charge on any atom is 0.295 e. The molecule has 0 spiro atoms. The number of halogens is 2. The lowest BCUT2D eigenvalue weighted by molar-refractivity contribution is -0.149. The molecule has 9 heteroatoms. The van der Waals surface area contributed by atoms with Gasteiger partial charge in [0.2, 0.25) is 0 Å². The Morgan fingerprint density at radius 2 is 1.71 bits per heavy atom. The molecule has 1 N–H and O–H groups in total. The molecule has 31 heavy (non-hydrogen) atoms. The highest BCUT2D eigenvalue weighted by Crippen LogP contribution is 2.42. The molecule has 1 heterocycles. The van der Waals surface area contributed by atoms with Crippen molar-refractivity contribution in [2.75, 3.05) is 27.9 Å². The Bertz CT molecular complexity index is 1020. The zero-order valence-corrected chi connectivity index (χ0v) is 18.6. The number of nitrogens with zero attached hydrogens (tertiary/aromatic N) is 1. The van der Waals surface area contributed by atoms with E-state index in [0.717, 1.165) is 0 Å². The summed E-state index contributed by atoms with van der Waals surface area (Å²) in [5.74, 6) is -1.39. The van der Waals surface area contributed by atoms with Gasteiger partial charge in [-0.25, -0.2) is 0 Å². The number of ether oxygens (including phenoxy) is 3. The second kappa shape index (κ2) is 9.70. The van der Waals surface area contributed by atoms with E-state index in [4.69, 9.17) is 37.4 Å². The number of carbonyl (C=O) groups excluding carboxylic acids is 2. The van der Waals surface area contributed by atoms with Gasteiger partial charge in [-0.3, -0.25) is 9.59 Å². The van der Waals surface area contributed by atoms with Crippen LogP contribution in [0.4, 0.5) is 0 Å². The summed E-state index contributed by atoms with van der Waals surface area (Å²) in [6, 6.07) is 10.2. The number of methoxy groups -OCH3 is 3. The summed E-state index contributed by atoms with van der Waals surface area (Å²) in [7, 11) is 4.36. The minimum absolute atomic E-state index is 0.0550. The van der Waals surface area contributed by atoms with Crippen molar-refractivity contribution in [2.24, 2.45) is 0 Å². The SMILES string of the molecule is COc1ccc(C(O)=C2C(=O)C(=O)N(CC(OC)OC)[C@H]2c2ccc(Cl)cc2Cl)cc1. The van der Waals surface area contributed by atoms with Crippen LogP contribution in [0.15, 0.2) is 48.0 Å². The second-order valence-corrected chi connectivity index (χ2v) is 7.59. The molecule has 1 amide bonds. The van der Waals surface area contributed by atoms with Crippen LogP contribution >= 0.6 is 23.2 Å². The summed E-state index contributed by atoms with van der Waals surface area (Å²) < 4.78 is 15.6. The van der Waals surface area contributed by atoms with Gasteiger partial charge in [0, 0.05) is 29.8 Å². The predicted molar refractivity (Wildman–Crippen MR) is 116 cm³/mol. The third-order valence-electron chi connectivity index (χ3n) is 5.03. The second-order valence-electron chi connectivity index (χ2n) is 6.75. The van der Waals surface area contributed by atoms with Crippen molar-refractivity contribution in [1.29, 1.82) is 0 Å². The topological polar surface area (TPSA) is 85.3 Å². The van der Waals surface area contributed by atoms with E-state index in [0.29, 0.717) is 21.9 Å². The summed E-state index contributed by atoms with van der Waals surface area (Å²) >= 11 is 12.4. The summed E-state index contributed by atoms with van der Waals surface area (Å²) in [6.07, 6.45) is -0.784. The predicted octanol–water partition coefficient (Wildman–Crippen LogP) is 4.04. The first-order valence-electron chi connectivity index (χ1n) is 9.25. The van der Waals surface area contributed by atoms with Gasteiger partial charge in [-0.1, -0.05) is 29.3 Å². The Hall–Kier alpha value is -2.58. The fourth-order valence-electron chi connectivity index (χ4n) is 3.43. The van der Waals surface area contributed by atoms with Crippen molar-refractivity contribution in [3.63, 3.8) is 0 Å². The van der Waals surface area contributed by atoms with E-state index in [1.54, 1.807) is 36.4 Å². The number of aliphatic hydroxyl groups excluding tert-OH is 1. The molecule has 0 aliphatic carbocycles. The first-order valence-corrected chi connectivity index (χ1v) is 10.0. The van der Waals surface area contributed by atoms with Crippen molar-refractivity contribution in [3.05, 3.63) is 69.2 Å². The molecule has 1 fully saturated rings. The molecular formula is C22H21Cl2NO6. The molecule has 164 valence electrons. The molecule has 2 aromatic carbocycles. The van der Waals surface area contributed by atoms with Gasteiger partial charge in [-0.15, -0.1) is 0 Å². The molecule has 0 aromatic heterocycles. The first kappa shape index (κ1) is 23.1. The van der Waals surface area contributed by atoms with Crippen LogP contribution < -0.4 is 4.74 Å². The number of carbonyl (C=O) groups is 2.